The molecular weight excluding hydrogens is 368 g/mol. The second-order valence-corrected chi connectivity index (χ2v) is 6.45. The summed E-state index contributed by atoms with van der Waals surface area (Å²) in [5.74, 6) is 0.945. The molecule has 0 spiro atoms. The second kappa shape index (κ2) is 6.58. The van der Waals surface area contributed by atoms with E-state index in [0.717, 1.165) is 16.6 Å². The predicted molar refractivity (Wildman–Crippen MR) is 87.2 cm³/mol. The monoisotopic (exact) mass is 382 g/mol. The van der Waals surface area contributed by atoms with Gasteiger partial charge in [-0.15, -0.1) is 0 Å². The number of alkyl halides is 1. The number of aryl methyl sites for hydroxylation is 1. The Kier molecular flexibility index (Phi) is 5.06. The first-order valence-electron chi connectivity index (χ1n) is 6.14. The minimum Gasteiger partial charge on any atom is -0.496 e. The van der Waals surface area contributed by atoms with Crippen molar-refractivity contribution < 1.29 is 4.74 Å². The molecular formula is C16H16Br2O. The van der Waals surface area contributed by atoms with E-state index in [9.17, 15) is 0 Å². The summed E-state index contributed by atoms with van der Waals surface area (Å²) < 4.78 is 6.54. The van der Waals surface area contributed by atoms with Crippen molar-refractivity contribution in [2.24, 2.45) is 0 Å². The van der Waals surface area contributed by atoms with Crippen LogP contribution < -0.4 is 4.74 Å². The van der Waals surface area contributed by atoms with Crippen LogP contribution in [0.25, 0.3) is 0 Å². The number of benzene rings is 2. The lowest BCUT2D eigenvalue weighted by molar-refractivity contribution is 0.409. The number of hydrogen-bond acceptors (Lipinski definition) is 1. The predicted octanol–water partition coefficient (Wildman–Crippen LogP) is 5.44. The minimum atomic E-state index is 0.288. The molecule has 2 rings (SSSR count). The van der Waals surface area contributed by atoms with Crippen molar-refractivity contribution in [2.45, 2.75) is 18.2 Å². The molecule has 3 heteroatoms. The lowest BCUT2D eigenvalue weighted by atomic mass is 10.0. The van der Waals surface area contributed by atoms with Crippen LogP contribution in [0.5, 0.6) is 5.75 Å². The molecule has 1 nitrogen and oxygen atoms in total. The SMILES string of the molecule is COc1ccccc1CC(Br)c1ccc(Br)c(C)c1. The van der Waals surface area contributed by atoms with Crippen LogP contribution in [0.3, 0.4) is 0 Å². The maximum Gasteiger partial charge on any atom is 0.122 e. The first kappa shape index (κ1) is 14.6. The summed E-state index contributed by atoms with van der Waals surface area (Å²) in [6, 6.07) is 14.6. The summed E-state index contributed by atoms with van der Waals surface area (Å²) in [6.07, 6.45) is 0.908. The third kappa shape index (κ3) is 3.61. The molecule has 0 aliphatic heterocycles. The van der Waals surface area contributed by atoms with Crippen molar-refractivity contribution in [3.05, 3.63) is 63.6 Å². The quantitative estimate of drug-likeness (QED) is 0.638. The van der Waals surface area contributed by atoms with Gasteiger partial charge in [-0.2, -0.15) is 0 Å². The Hall–Kier alpha value is -0.800. The van der Waals surface area contributed by atoms with E-state index in [4.69, 9.17) is 4.74 Å². The fourth-order valence-corrected chi connectivity index (χ4v) is 2.93. The molecule has 2 aromatic rings. The highest BCUT2D eigenvalue weighted by atomic mass is 79.9. The lowest BCUT2D eigenvalue weighted by Crippen LogP contribution is -1.98. The van der Waals surface area contributed by atoms with Crippen LogP contribution in [0, 0.1) is 6.92 Å². The molecule has 0 N–H and O–H groups in total. The number of ether oxygens (including phenoxy) is 1. The van der Waals surface area contributed by atoms with E-state index in [1.807, 2.05) is 18.2 Å². The van der Waals surface area contributed by atoms with Gasteiger partial charge in [0.05, 0.1) is 7.11 Å². The third-order valence-corrected chi connectivity index (χ3v) is 4.88. The molecule has 0 amide bonds. The zero-order chi connectivity index (χ0) is 13.8. The highest BCUT2D eigenvalue weighted by Gasteiger charge is 2.12. The molecule has 0 radical (unpaired) electrons. The van der Waals surface area contributed by atoms with Gasteiger partial charge >= 0.3 is 0 Å². The largest absolute Gasteiger partial charge is 0.496 e. The smallest absolute Gasteiger partial charge is 0.122 e. The molecule has 1 unspecified atom stereocenters. The average Bonchev–Trinajstić information content (AvgIpc) is 2.42. The molecule has 19 heavy (non-hydrogen) atoms. The van der Waals surface area contributed by atoms with Crippen molar-refractivity contribution >= 4 is 31.9 Å². The van der Waals surface area contributed by atoms with Gasteiger partial charge in [0.25, 0.3) is 0 Å². The molecule has 1 atom stereocenters. The van der Waals surface area contributed by atoms with Crippen molar-refractivity contribution in [1.82, 2.24) is 0 Å². The average molecular weight is 384 g/mol. The molecule has 100 valence electrons. The van der Waals surface area contributed by atoms with Gasteiger partial charge in [0.1, 0.15) is 5.75 Å². The highest BCUT2D eigenvalue weighted by molar-refractivity contribution is 9.10. The molecule has 0 saturated carbocycles. The molecule has 0 aliphatic carbocycles. The van der Waals surface area contributed by atoms with E-state index in [1.165, 1.54) is 16.7 Å². The van der Waals surface area contributed by atoms with Crippen LogP contribution >= 0.6 is 31.9 Å². The molecule has 0 aliphatic rings. The van der Waals surface area contributed by atoms with Crippen molar-refractivity contribution in [2.75, 3.05) is 7.11 Å². The molecule has 0 aromatic heterocycles. The lowest BCUT2D eigenvalue weighted by Gasteiger charge is -2.14. The Morgan fingerprint density at radius 2 is 1.89 bits per heavy atom. The summed E-state index contributed by atoms with van der Waals surface area (Å²) in [6.45, 7) is 2.11. The van der Waals surface area contributed by atoms with Crippen LogP contribution in [0.4, 0.5) is 0 Å². The Labute approximate surface area is 131 Å². The molecule has 0 fully saturated rings. The number of halogens is 2. The van der Waals surface area contributed by atoms with Crippen LogP contribution in [0.2, 0.25) is 0 Å². The van der Waals surface area contributed by atoms with Crippen LogP contribution in [0.1, 0.15) is 21.5 Å². The summed E-state index contributed by atoms with van der Waals surface area (Å²) in [5, 5.41) is 0. The van der Waals surface area contributed by atoms with E-state index >= 15 is 0 Å². The Morgan fingerprint density at radius 1 is 1.16 bits per heavy atom. The second-order valence-electron chi connectivity index (χ2n) is 4.49. The van der Waals surface area contributed by atoms with Gasteiger partial charge in [0.2, 0.25) is 0 Å². The standard InChI is InChI=1S/C16H16Br2O/c1-11-9-12(7-8-14(11)17)15(18)10-13-5-3-4-6-16(13)19-2/h3-9,15H,10H2,1-2H3. The summed E-state index contributed by atoms with van der Waals surface area (Å²) in [5.41, 5.74) is 3.75. The molecule has 2 aromatic carbocycles. The first-order chi connectivity index (χ1) is 9.11. The zero-order valence-corrected chi connectivity index (χ0v) is 14.2. The number of para-hydroxylation sites is 1. The van der Waals surface area contributed by atoms with Gasteiger partial charge in [-0.05, 0) is 42.2 Å². The highest BCUT2D eigenvalue weighted by Crippen LogP contribution is 2.32. The number of rotatable bonds is 4. The summed E-state index contributed by atoms with van der Waals surface area (Å²) in [4.78, 5) is 0.288. The fraction of sp³-hybridized carbons (Fsp3) is 0.250. The molecule has 0 bridgehead atoms. The maximum atomic E-state index is 5.40. The normalized spacial score (nSPS) is 12.2. The first-order valence-corrected chi connectivity index (χ1v) is 7.84. The maximum absolute atomic E-state index is 5.40. The summed E-state index contributed by atoms with van der Waals surface area (Å²) in [7, 11) is 1.71. The van der Waals surface area contributed by atoms with Gasteiger partial charge in [0, 0.05) is 9.30 Å². The summed E-state index contributed by atoms with van der Waals surface area (Å²) >= 11 is 7.31. The van der Waals surface area contributed by atoms with E-state index in [0.29, 0.717) is 0 Å². The van der Waals surface area contributed by atoms with Gasteiger partial charge < -0.3 is 4.74 Å². The van der Waals surface area contributed by atoms with E-state index < -0.39 is 0 Å². The van der Waals surface area contributed by atoms with Crippen molar-refractivity contribution in [3.63, 3.8) is 0 Å². The topological polar surface area (TPSA) is 9.23 Å². The van der Waals surface area contributed by atoms with Crippen LogP contribution in [-0.2, 0) is 6.42 Å². The molecule has 0 saturated heterocycles. The van der Waals surface area contributed by atoms with E-state index in [1.54, 1.807) is 7.11 Å². The van der Waals surface area contributed by atoms with Gasteiger partial charge in [0.15, 0.2) is 0 Å². The fourth-order valence-electron chi connectivity index (χ4n) is 2.05. The van der Waals surface area contributed by atoms with Gasteiger partial charge in [-0.3, -0.25) is 0 Å². The zero-order valence-electron chi connectivity index (χ0n) is 11.0. The Bertz CT molecular complexity index is 566. The number of methoxy groups -OCH3 is 1. The van der Waals surface area contributed by atoms with Crippen LogP contribution in [-0.4, -0.2) is 7.11 Å². The molecule has 0 heterocycles. The Morgan fingerprint density at radius 3 is 2.58 bits per heavy atom. The minimum absolute atomic E-state index is 0.288. The Balaban J connectivity index is 2.20. The van der Waals surface area contributed by atoms with Crippen molar-refractivity contribution in [3.8, 4) is 5.75 Å². The van der Waals surface area contributed by atoms with E-state index in [2.05, 4.69) is 63.0 Å². The number of hydrogen-bond donors (Lipinski definition) is 0. The van der Waals surface area contributed by atoms with E-state index in [-0.39, 0.29) is 4.83 Å². The third-order valence-electron chi connectivity index (χ3n) is 3.14. The van der Waals surface area contributed by atoms with Gasteiger partial charge in [-0.25, -0.2) is 0 Å². The van der Waals surface area contributed by atoms with Crippen LogP contribution in [0.15, 0.2) is 46.9 Å². The van der Waals surface area contributed by atoms with Crippen molar-refractivity contribution in [1.29, 1.82) is 0 Å². The van der Waals surface area contributed by atoms with Gasteiger partial charge in [-0.1, -0.05) is 62.2 Å².